The maximum absolute atomic E-state index is 10.9. The second-order valence-electron chi connectivity index (χ2n) is 3.87. The smallest absolute Gasteiger partial charge is 0.273 e. The molecular formula is C12H14N4O2. The number of benzene rings is 1. The van der Waals surface area contributed by atoms with Crippen LogP contribution in [0.4, 0.5) is 11.4 Å². The number of hydrogen-bond acceptors (Lipinski definition) is 4. The molecule has 1 aromatic heterocycles. The number of nitrogens with one attached hydrogen (secondary N) is 1. The normalized spacial score (nSPS) is 10.3. The van der Waals surface area contributed by atoms with E-state index in [1.54, 1.807) is 12.4 Å². The van der Waals surface area contributed by atoms with Gasteiger partial charge in [-0.25, -0.2) is 4.98 Å². The minimum Gasteiger partial charge on any atom is -0.385 e. The van der Waals surface area contributed by atoms with Crippen LogP contribution in [0.5, 0.6) is 0 Å². The van der Waals surface area contributed by atoms with Crippen molar-refractivity contribution in [3.8, 4) is 5.69 Å². The Kier molecular flexibility index (Phi) is 3.27. The van der Waals surface area contributed by atoms with Crippen LogP contribution in [-0.2, 0) is 0 Å². The lowest BCUT2D eigenvalue weighted by Gasteiger charge is -2.09. The summed E-state index contributed by atoms with van der Waals surface area (Å²) in [6.45, 7) is 4.51. The van der Waals surface area contributed by atoms with Gasteiger partial charge in [-0.2, -0.15) is 0 Å². The van der Waals surface area contributed by atoms with E-state index in [1.807, 2.05) is 24.5 Å². The summed E-state index contributed by atoms with van der Waals surface area (Å²) >= 11 is 0. The predicted octanol–water partition coefficient (Wildman–Crippen LogP) is 2.52. The summed E-state index contributed by atoms with van der Waals surface area (Å²) in [5, 5.41) is 14.0. The summed E-state index contributed by atoms with van der Waals surface area (Å²) in [6.07, 6.45) is 3.45. The molecule has 0 aliphatic heterocycles. The van der Waals surface area contributed by atoms with Gasteiger partial charge < -0.3 is 9.88 Å². The predicted molar refractivity (Wildman–Crippen MR) is 69.1 cm³/mol. The fraction of sp³-hybridized carbons (Fsp3) is 0.250. The summed E-state index contributed by atoms with van der Waals surface area (Å²) < 4.78 is 1.81. The molecule has 0 amide bonds. The van der Waals surface area contributed by atoms with E-state index in [0.29, 0.717) is 6.54 Å². The molecule has 1 heterocycles. The Morgan fingerprint density at radius 3 is 2.78 bits per heavy atom. The minimum absolute atomic E-state index is 0.0663. The van der Waals surface area contributed by atoms with Gasteiger partial charge in [0.1, 0.15) is 5.82 Å². The number of anilines is 1. The molecule has 6 heteroatoms. The average molecular weight is 246 g/mol. The number of nitro benzene ring substituents is 1. The summed E-state index contributed by atoms with van der Waals surface area (Å²) in [4.78, 5) is 14.6. The zero-order chi connectivity index (χ0) is 13.1. The van der Waals surface area contributed by atoms with Crippen molar-refractivity contribution >= 4 is 11.4 Å². The van der Waals surface area contributed by atoms with Crippen LogP contribution in [0.2, 0.25) is 0 Å². The van der Waals surface area contributed by atoms with Crippen molar-refractivity contribution in [3.63, 3.8) is 0 Å². The van der Waals surface area contributed by atoms with Gasteiger partial charge in [0.15, 0.2) is 0 Å². The lowest BCUT2D eigenvalue weighted by atomic mass is 10.2. The van der Waals surface area contributed by atoms with Crippen molar-refractivity contribution in [2.24, 2.45) is 0 Å². The van der Waals surface area contributed by atoms with E-state index in [1.165, 1.54) is 12.1 Å². The van der Waals surface area contributed by atoms with Crippen molar-refractivity contribution in [3.05, 3.63) is 46.5 Å². The zero-order valence-corrected chi connectivity index (χ0v) is 10.3. The first-order valence-corrected chi connectivity index (χ1v) is 5.65. The van der Waals surface area contributed by atoms with Crippen LogP contribution in [0.25, 0.3) is 5.69 Å². The number of non-ortho nitro benzene ring substituents is 1. The van der Waals surface area contributed by atoms with Crippen LogP contribution in [0, 0.1) is 17.0 Å². The Morgan fingerprint density at radius 2 is 2.22 bits per heavy atom. The molecule has 0 aliphatic rings. The Balaban J connectivity index is 2.53. The van der Waals surface area contributed by atoms with Crippen molar-refractivity contribution in [2.45, 2.75) is 13.8 Å². The maximum Gasteiger partial charge on any atom is 0.273 e. The average Bonchev–Trinajstić information content (AvgIpc) is 2.75. The number of aryl methyl sites for hydroxylation is 1. The standard InChI is InChI=1S/C12H14N4O2/c1-3-13-10-6-11(8-12(7-10)16(17)18)15-5-4-14-9(15)2/h4-8,13H,3H2,1-2H3. The lowest BCUT2D eigenvalue weighted by Crippen LogP contribution is -2.02. The molecule has 94 valence electrons. The summed E-state index contributed by atoms with van der Waals surface area (Å²) in [5.41, 5.74) is 1.53. The quantitative estimate of drug-likeness (QED) is 0.664. The second-order valence-corrected chi connectivity index (χ2v) is 3.87. The number of imidazole rings is 1. The SMILES string of the molecule is CCNc1cc(-n2ccnc2C)cc([N+](=O)[O-])c1. The molecule has 0 spiro atoms. The Morgan fingerprint density at radius 1 is 1.44 bits per heavy atom. The number of rotatable bonds is 4. The van der Waals surface area contributed by atoms with Crippen molar-refractivity contribution < 1.29 is 4.92 Å². The highest BCUT2D eigenvalue weighted by molar-refractivity contribution is 5.59. The molecular weight excluding hydrogens is 232 g/mol. The third-order valence-corrected chi connectivity index (χ3v) is 2.60. The molecule has 0 unspecified atom stereocenters. The van der Waals surface area contributed by atoms with Gasteiger partial charge in [0.2, 0.25) is 0 Å². The fourth-order valence-corrected chi connectivity index (χ4v) is 1.80. The van der Waals surface area contributed by atoms with Crippen LogP contribution in [0.3, 0.4) is 0 Å². The van der Waals surface area contributed by atoms with E-state index >= 15 is 0 Å². The van der Waals surface area contributed by atoms with E-state index in [4.69, 9.17) is 0 Å². The number of aromatic nitrogens is 2. The van der Waals surface area contributed by atoms with Crippen LogP contribution in [0.1, 0.15) is 12.7 Å². The lowest BCUT2D eigenvalue weighted by molar-refractivity contribution is -0.384. The van der Waals surface area contributed by atoms with E-state index < -0.39 is 4.92 Å². The molecule has 2 rings (SSSR count). The molecule has 1 aromatic carbocycles. The highest BCUT2D eigenvalue weighted by Gasteiger charge is 2.11. The van der Waals surface area contributed by atoms with Gasteiger partial charge in [0, 0.05) is 36.8 Å². The van der Waals surface area contributed by atoms with Gasteiger partial charge in [-0.3, -0.25) is 10.1 Å². The molecule has 0 saturated heterocycles. The van der Waals surface area contributed by atoms with Gasteiger partial charge >= 0.3 is 0 Å². The third-order valence-electron chi connectivity index (χ3n) is 2.60. The highest BCUT2D eigenvalue weighted by atomic mass is 16.6. The van der Waals surface area contributed by atoms with Gasteiger partial charge in [0.05, 0.1) is 10.6 Å². The molecule has 18 heavy (non-hydrogen) atoms. The van der Waals surface area contributed by atoms with Crippen LogP contribution in [-0.4, -0.2) is 21.0 Å². The topological polar surface area (TPSA) is 73.0 Å². The molecule has 6 nitrogen and oxygen atoms in total. The fourth-order valence-electron chi connectivity index (χ4n) is 1.80. The third kappa shape index (κ3) is 2.32. The molecule has 0 fully saturated rings. The first-order chi connectivity index (χ1) is 8.61. The van der Waals surface area contributed by atoms with Gasteiger partial charge in [0.25, 0.3) is 5.69 Å². The molecule has 0 saturated carbocycles. The zero-order valence-electron chi connectivity index (χ0n) is 10.3. The van der Waals surface area contributed by atoms with E-state index in [9.17, 15) is 10.1 Å². The Labute approximate surface area is 104 Å². The number of hydrogen-bond donors (Lipinski definition) is 1. The molecule has 0 radical (unpaired) electrons. The summed E-state index contributed by atoms with van der Waals surface area (Å²) in [7, 11) is 0. The monoisotopic (exact) mass is 246 g/mol. The van der Waals surface area contributed by atoms with Gasteiger partial charge in [-0.05, 0) is 19.9 Å². The van der Waals surface area contributed by atoms with Gasteiger partial charge in [-0.1, -0.05) is 0 Å². The van der Waals surface area contributed by atoms with Crippen LogP contribution >= 0.6 is 0 Å². The summed E-state index contributed by atoms with van der Waals surface area (Å²) in [5.74, 6) is 0.790. The van der Waals surface area contributed by atoms with Gasteiger partial charge in [-0.15, -0.1) is 0 Å². The minimum atomic E-state index is -0.392. The van der Waals surface area contributed by atoms with Crippen molar-refractivity contribution in [1.82, 2.24) is 9.55 Å². The highest BCUT2D eigenvalue weighted by Crippen LogP contribution is 2.24. The second kappa shape index (κ2) is 4.87. The summed E-state index contributed by atoms with van der Waals surface area (Å²) in [6, 6.07) is 4.93. The molecule has 0 atom stereocenters. The molecule has 2 aromatic rings. The maximum atomic E-state index is 10.9. The Hall–Kier alpha value is -2.37. The van der Waals surface area contributed by atoms with Crippen molar-refractivity contribution in [1.29, 1.82) is 0 Å². The first kappa shape index (κ1) is 12.1. The van der Waals surface area contributed by atoms with Crippen LogP contribution in [0.15, 0.2) is 30.6 Å². The van der Waals surface area contributed by atoms with Crippen molar-refractivity contribution in [2.75, 3.05) is 11.9 Å². The van der Waals surface area contributed by atoms with E-state index in [-0.39, 0.29) is 5.69 Å². The number of nitrogens with zero attached hydrogens (tertiary/aromatic N) is 3. The number of nitro groups is 1. The van der Waals surface area contributed by atoms with E-state index in [0.717, 1.165) is 17.2 Å². The molecule has 0 bridgehead atoms. The first-order valence-electron chi connectivity index (χ1n) is 5.65. The molecule has 0 aliphatic carbocycles. The van der Waals surface area contributed by atoms with Crippen LogP contribution < -0.4 is 5.32 Å². The largest absolute Gasteiger partial charge is 0.385 e. The Bertz CT molecular complexity index is 577. The van der Waals surface area contributed by atoms with E-state index in [2.05, 4.69) is 10.3 Å². The molecule has 1 N–H and O–H groups in total.